The molecule has 8 nitrogen and oxygen atoms in total. The number of benzene rings is 4. The summed E-state index contributed by atoms with van der Waals surface area (Å²) in [5.41, 5.74) is 6.49. The van der Waals surface area contributed by atoms with Crippen LogP contribution in [0.2, 0.25) is 0 Å². The van der Waals surface area contributed by atoms with Crippen LogP contribution in [-0.4, -0.2) is 53.5 Å². The van der Waals surface area contributed by atoms with E-state index in [0.717, 1.165) is 41.7 Å². The quantitative estimate of drug-likeness (QED) is 0.0435. The minimum atomic E-state index is -0.775. The second-order valence-electron chi connectivity index (χ2n) is 12.8. The molecule has 256 valence electrons. The first-order valence-electron chi connectivity index (χ1n) is 16.9. The molecule has 1 amide bonds. The van der Waals surface area contributed by atoms with Crippen LogP contribution >= 0.6 is 0 Å². The van der Waals surface area contributed by atoms with Crippen molar-refractivity contribution in [3.05, 3.63) is 113 Å². The summed E-state index contributed by atoms with van der Waals surface area (Å²) in [6.07, 6.45) is 2.10. The first kappa shape index (κ1) is 36.3. The summed E-state index contributed by atoms with van der Waals surface area (Å²) in [6, 6.07) is 28.1. The summed E-state index contributed by atoms with van der Waals surface area (Å²) < 4.78 is 6.07. The Morgan fingerprint density at radius 1 is 0.812 bits per heavy atom. The molecule has 5 N–H and O–H groups in total. The predicted octanol–water partition coefficient (Wildman–Crippen LogP) is 7.32. The summed E-state index contributed by atoms with van der Waals surface area (Å²) in [4.78, 5) is 13.1. The van der Waals surface area contributed by atoms with Gasteiger partial charge in [-0.3, -0.25) is 4.79 Å². The van der Waals surface area contributed by atoms with Crippen molar-refractivity contribution in [3.8, 4) is 17.2 Å². The molecule has 0 aliphatic carbocycles. The van der Waals surface area contributed by atoms with Crippen molar-refractivity contribution in [1.29, 1.82) is 0 Å². The first-order chi connectivity index (χ1) is 23.1. The van der Waals surface area contributed by atoms with Crippen LogP contribution in [0.5, 0.6) is 17.2 Å². The van der Waals surface area contributed by atoms with E-state index >= 15 is 0 Å². The summed E-state index contributed by atoms with van der Waals surface area (Å²) in [7, 11) is 0. The van der Waals surface area contributed by atoms with Crippen molar-refractivity contribution in [2.75, 3.05) is 29.9 Å². The van der Waals surface area contributed by atoms with E-state index in [9.17, 15) is 20.1 Å². The Morgan fingerprint density at radius 3 is 2.21 bits per heavy atom. The molecule has 0 radical (unpaired) electrons. The Labute approximate surface area is 285 Å². The maximum absolute atomic E-state index is 10.9. The second kappa shape index (κ2) is 17.6. The number of aromatic hydroxyl groups is 2. The zero-order chi connectivity index (χ0) is 34.6. The number of hydrogen-bond acceptors (Lipinski definition) is 7. The third-order valence-electron chi connectivity index (χ3n) is 8.69. The van der Waals surface area contributed by atoms with E-state index in [-0.39, 0.29) is 17.4 Å². The monoisotopic (exact) mass is 653 g/mol. The highest BCUT2D eigenvalue weighted by atomic mass is 16.5. The van der Waals surface area contributed by atoms with Crippen LogP contribution in [0.3, 0.4) is 0 Å². The molecule has 8 heteroatoms. The maximum Gasteiger partial charge on any atom is 0.211 e. The lowest BCUT2D eigenvalue weighted by Crippen LogP contribution is -2.37. The molecule has 4 aromatic rings. The molecule has 0 aliphatic heterocycles. The lowest BCUT2D eigenvalue weighted by Gasteiger charge is -2.34. The van der Waals surface area contributed by atoms with Gasteiger partial charge in [-0.25, -0.2) is 0 Å². The lowest BCUT2D eigenvalue weighted by atomic mass is 9.87. The number of phenols is 2. The van der Waals surface area contributed by atoms with Gasteiger partial charge in [0, 0.05) is 42.2 Å². The molecular formula is C40H51N3O5. The topological polar surface area (TPSA) is 114 Å². The van der Waals surface area contributed by atoms with E-state index in [1.54, 1.807) is 18.2 Å². The zero-order valence-corrected chi connectivity index (χ0v) is 28.8. The van der Waals surface area contributed by atoms with E-state index in [4.69, 9.17) is 4.74 Å². The fourth-order valence-corrected chi connectivity index (χ4v) is 6.34. The van der Waals surface area contributed by atoms with Gasteiger partial charge in [0.1, 0.15) is 17.2 Å². The van der Waals surface area contributed by atoms with Crippen LogP contribution in [-0.2, 0) is 17.6 Å². The number of carbonyl (C=O) groups is 1. The highest BCUT2D eigenvalue weighted by Crippen LogP contribution is 2.36. The molecule has 0 aliphatic rings. The number of hydrogen-bond donors (Lipinski definition) is 5. The number of nitrogens with zero attached hydrogens (tertiary/aromatic N) is 1. The van der Waals surface area contributed by atoms with Crippen molar-refractivity contribution in [2.24, 2.45) is 0 Å². The average molecular weight is 654 g/mol. The van der Waals surface area contributed by atoms with E-state index in [0.29, 0.717) is 49.5 Å². The number of nitrogens with one attached hydrogen (secondary N) is 2. The van der Waals surface area contributed by atoms with E-state index < -0.39 is 6.10 Å². The number of phenolic OH excluding ortho intramolecular Hbond substituents is 2. The number of amides is 1. The molecule has 0 unspecified atom stereocenters. The van der Waals surface area contributed by atoms with Crippen LogP contribution in [0.25, 0.3) is 0 Å². The van der Waals surface area contributed by atoms with Gasteiger partial charge in [0.15, 0.2) is 0 Å². The van der Waals surface area contributed by atoms with Gasteiger partial charge < -0.3 is 35.6 Å². The van der Waals surface area contributed by atoms with Gasteiger partial charge in [0.25, 0.3) is 0 Å². The number of aliphatic hydroxyl groups excluding tert-OH is 1. The summed E-state index contributed by atoms with van der Waals surface area (Å²) in [5, 5.41) is 36.9. The van der Waals surface area contributed by atoms with E-state index in [2.05, 4.69) is 80.5 Å². The molecule has 0 bridgehead atoms. The Morgan fingerprint density at radius 2 is 1.52 bits per heavy atom. The molecule has 4 aromatic carbocycles. The van der Waals surface area contributed by atoms with E-state index in [1.165, 1.54) is 17.3 Å². The molecule has 0 heterocycles. The molecule has 0 saturated carbocycles. The fraction of sp³-hybridized carbons (Fsp3) is 0.375. The molecular weight excluding hydrogens is 602 g/mol. The standard InChI is InChI=1S/C40H51N3O5/c1-6-35(31-8-7-9-33(23-31)43(27(2)3)28(4)5)36-22-30(12-16-38(36)45)19-21-48-34-14-10-29(11-15-34)18-20-41-25-40(47)32-13-17-39(46)37(24-32)42-26-44/h7-17,22-24,26-28,35,40-41,45-47H,6,18-21,25H2,1-5H3,(H,42,44)/t35-,40+/m1/s1. The molecule has 0 spiro atoms. The minimum absolute atomic E-state index is 0.0500. The molecule has 4 rings (SSSR count). The maximum atomic E-state index is 10.9. The summed E-state index contributed by atoms with van der Waals surface area (Å²) in [6.45, 7) is 12.6. The van der Waals surface area contributed by atoms with Crippen LogP contribution < -0.4 is 20.3 Å². The molecule has 0 saturated heterocycles. The van der Waals surface area contributed by atoms with Crippen molar-refractivity contribution >= 4 is 17.8 Å². The average Bonchev–Trinajstić information content (AvgIpc) is 3.06. The van der Waals surface area contributed by atoms with Gasteiger partial charge in [-0.15, -0.1) is 0 Å². The van der Waals surface area contributed by atoms with E-state index in [1.807, 2.05) is 30.3 Å². The number of carbonyl (C=O) groups excluding carboxylic acids is 1. The number of rotatable bonds is 18. The number of anilines is 2. The van der Waals surface area contributed by atoms with Gasteiger partial charge >= 0.3 is 0 Å². The Balaban J connectivity index is 1.28. The Hall–Kier alpha value is -4.53. The summed E-state index contributed by atoms with van der Waals surface area (Å²) in [5.74, 6) is 1.16. The molecule has 2 atom stereocenters. The minimum Gasteiger partial charge on any atom is -0.508 e. The highest BCUT2D eigenvalue weighted by molar-refractivity contribution is 5.75. The number of ether oxygens (including phenoxy) is 1. The van der Waals surface area contributed by atoms with Crippen LogP contribution in [0.15, 0.2) is 84.9 Å². The van der Waals surface area contributed by atoms with Gasteiger partial charge in [-0.1, -0.05) is 49.4 Å². The van der Waals surface area contributed by atoms with Crippen molar-refractivity contribution < 1.29 is 24.9 Å². The lowest BCUT2D eigenvalue weighted by molar-refractivity contribution is -0.105. The van der Waals surface area contributed by atoms with Gasteiger partial charge in [-0.05, 0) is 112 Å². The van der Waals surface area contributed by atoms with Crippen LogP contribution in [0, 0.1) is 0 Å². The van der Waals surface area contributed by atoms with Gasteiger partial charge in [0.05, 0.1) is 18.4 Å². The van der Waals surface area contributed by atoms with Crippen LogP contribution in [0.4, 0.5) is 11.4 Å². The van der Waals surface area contributed by atoms with Crippen molar-refractivity contribution in [3.63, 3.8) is 0 Å². The first-order valence-corrected chi connectivity index (χ1v) is 16.9. The third-order valence-corrected chi connectivity index (χ3v) is 8.69. The molecule has 0 aromatic heterocycles. The van der Waals surface area contributed by atoms with Gasteiger partial charge in [-0.2, -0.15) is 0 Å². The van der Waals surface area contributed by atoms with Gasteiger partial charge in [0.2, 0.25) is 6.41 Å². The van der Waals surface area contributed by atoms with Crippen molar-refractivity contribution in [1.82, 2.24) is 5.32 Å². The predicted molar refractivity (Wildman–Crippen MR) is 194 cm³/mol. The Kier molecular flexibility index (Phi) is 13.3. The zero-order valence-electron chi connectivity index (χ0n) is 28.8. The SMILES string of the molecule is CC[C@H](c1cccc(N(C(C)C)C(C)C)c1)c1cc(CCOc2ccc(CCNC[C@H](O)c3ccc(O)c(NC=O)c3)cc2)ccc1O. The Bertz CT molecular complexity index is 1600. The smallest absolute Gasteiger partial charge is 0.211 e. The molecule has 48 heavy (non-hydrogen) atoms. The molecule has 0 fully saturated rings. The number of aliphatic hydroxyl groups is 1. The fourth-order valence-electron chi connectivity index (χ4n) is 6.34. The largest absolute Gasteiger partial charge is 0.508 e. The third kappa shape index (κ3) is 9.75. The second-order valence-corrected chi connectivity index (χ2v) is 12.8. The van der Waals surface area contributed by atoms with Crippen molar-refractivity contribution in [2.45, 2.75) is 78.0 Å². The highest BCUT2D eigenvalue weighted by Gasteiger charge is 2.20. The summed E-state index contributed by atoms with van der Waals surface area (Å²) >= 11 is 0. The van der Waals surface area contributed by atoms with Crippen LogP contribution in [0.1, 0.15) is 80.9 Å². The normalized spacial score (nSPS) is 12.6.